The fourth-order valence-corrected chi connectivity index (χ4v) is 4.34. The molecule has 1 aromatic heterocycles. The number of halogens is 1. The van der Waals surface area contributed by atoms with Gasteiger partial charge in [0.2, 0.25) is 0 Å². The van der Waals surface area contributed by atoms with Crippen molar-refractivity contribution in [2.24, 2.45) is 0 Å². The van der Waals surface area contributed by atoms with Crippen LogP contribution in [0.4, 0.5) is 4.39 Å². The van der Waals surface area contributed by atoms with Crippen molar-refractivity contribution < 1.29 is 13.9 Å². The number of amides is 1. The Morgan fingerprint density at radius 1 is 1.12 bits per heavy atom. The summed E-state index contributed by atoms with van der Waals surface area (Å²) in [6, 6.07) is 15.5. The molecule has 0 spiro atoms. The van der Waals surface area contributed by atoms with Crippen LogP contribution in [0.2, 0.25) is 0 Å². The molecule has 0 aliphatic carbocycles. The number of carbonyl (C=O) groups excluding carboxylic acids is 1. The second kappa shape index (κ2) is 6.92. The smallest absolute Gasteiger partial charge is 0.254 e. The maximum absolute atomic E-state index is 13.4. The molecule has 26 heavy (non-hydrogen) atoms. The Labute approximate surface area is 155 Å². The van der Waals surface area contributed by atoms with Gasteiger partial charge in [0.25, 0.3) is 5.91 Å². The van der Waals surface area contributed by atoms with E-state index in [1.54, 1.807) is 54.8 Å². The molecule has 0 radical (unpaired) electrons. The van der Waals surface area contributed by atoms with Gasteiger partial charge in [-0.1, -0.05) is 12.1 Å². The molecule has 0 saturated carbocycles. The summed E-state index contributed by atoms with van der Waals surface area (Å²) >= 11 is 1.71. The van der Waals surface area contributed by atoms with Crippen molar-refractivity contribution in [1.29, 1.82) is 0 Å². The molecule has 0 unspecified atom stereocenters. The number of ether oxygens (including phenoxy) is 1. The number of hydrogen-bond donors (Lipinski definition) is 0. The van der Waals surface area contributed by atoms with Gasteiger partial charge in [0.05, 0.1) is 13.2 Å². The summed E-state index contributed by atoms with van der Waals surface area (Å²) in [7, 11) is 1.60. The van der Waals surface area contributed by atoms with Gasteiger partial charge in [0.15, 0.2) is 0 Å². The zero-order chi connectivity index (χ0) is 18.1. The van der Waals surface area contributed by atoms with Gasteiger partial charge < -0.3 is 9.64 Å². The van der Waals surface area contributed by atoms with Crippen molar-refractivity contribution >= 4 is 17.2 Å². The highest BCUT2D eigenvalue weighted by Gasteiger charge is 2.33. The van der Waals surface area contributed by atoms with E-state index in [0.717, 1.165) is 23.3 Å². The highest BCUT2D eigenvalue weighted by atomic mass is 32.1. The first-order valence-electron chi connectivity index (χ1n) is 8.44. The van der Waals surface area contributed by atoms with E-state index in [-0.39, 0.29) is 17.8 Å². The van der Waals surface area contributed by atoms with Crippen LogP contribution in [-0.4, -0.2) is 24.5 Å². The molecule has 0 bridgehead atoms. The Morgan fingerprint density at radius 3 is 2.54 bits per heavy atom. The van der Waals surface area contributed by atoms with Crippen molar-refractivity contribution in [2.45, 2.75) is 12.5 Å². The largest absolute Gasteiger partial charge is 0.497 e. The van der Waals surface area contributed by atoms with E-state index in [0.29, 0.717) is 12.1 Å². The van der Waals surface area contributed by atoms with Crippen molar-refractivity contribution in [3.63, 3.8) is 0 Å². The highest BCUT2D eigenvalue weighted by molar-refractivity contribution is 7.10. The molecule has 0 N–H and O–H groups in total. The lowest BCUT2D eigenvalue weighted by atomic mass is 9.92. The number of methoxy groups -OCH3 is 1. The van der Waals surface area contributed by atoms with E-state index in [4.69, 9.17) is 4.74 Å². The molecule has 4 rings (SSSR count). The monoisotopic (exact) mass is 367 g/mol. The van der Waals surface area contributed by atoms with Crippen LogP contribution in [0.25, 0.3) is 0 Å². The summed E-state index contributed by atoms with van der Waals surface area (Å²) in [6.07, 6.45) is 0.840. The first kappa shape index (κ1) is 16.8. The lowest BCUT2D eigenvalue weighted by molar-refractivity contribution is 0.0696. The van der Waals surface area contributed by atoms with E-state index in [1.807, 2.05) is 4.90 Å². The second-order valence-corrected chi connectivity index (χ2v) is 7.23. The van der Waals surface area contributed by atoms with Gasteiger partial charge in [-0.15, -0.1) is 11.3 Å². The minimum Gasteiger partial charge on any atom is -0.497 e. The third-order valence-electron chi connectivity index (χ3n) is 4.75. The van der Waals surface area contributed by atoms with Crippen molar-refractivity contribution in [1.82, 2.24) is 4.90 Å². The van der Waals surface area contributed by atoms with Crippen LogP contribution < -0.4 is 4.74 Å². The van der Waals surface area contributed by atoms with E-state index < -0.39 is 0 Å². The van der Waals surface area contributed by atoms with Crippen molar-refractivity contribution in [2.75, 3.05) is 13.7 Å². The molecule has 2 aromatic carbocycles. The fourth-order valence-electron chi connectivity index (χ4n) is 3.44. The van der Waals surface area contributed by atoms with Crippen LogP contribution in [0.15, 0.2) is 60.0 Å². The Kier molecular flexibility index (Phi) is 4.47. The quantitative estimate of drug-likeness (QED) is 0.672. The summed E-state index contributed by atoms with van der Waals surface area (Å²) in [5.74, 6) is 0.414. The minimum absolute atomic E-state index is 0.0289. The molecule has 1 atom stereocenters. The van der Waals surface area contributed by atoms with Gasteiger partial charge in [-0.2, -0.15) is 0 Å². The summed E-state index contributed by atoms with van der Waals surface area (Å²) in [5.41, 5.74) is 2.68. The summed E-state index contributed by atoms with van der Waals surface area (Å²) in [5, 5.41) is 2.06. The zero-order valence-electron chi connectivity index (χ0n) is 14.3. The predicted molar refractivity (Wildman–Crippen MR) is 100 cm³/mol. The molecular formula is C21H18FNO2S. The third-order valence-corrected chi connectivity index (χ3v) is 5.75. The van der Waals surface area contributed by atoms with Crippen molar-refractivity contribution in [3.8, 4) is 5.75 Å². The van der Waals surface area contributed by atoms with Crippen LogP contribution >= 0.6 is 11.3 Å². The number of benzene rings is 2. The number of fused-ring (bicyclic) bond motifs is 1. The molecule has 2 heterocycles. The normalized spacial score (nSPS) is 16.2. The van der Waals surface area contributed by atoms with Gasteiger partial charge in [-0.3, -0.25) is 4.79 Å². The van der Waals surface area contributed by atoms with Gasteiger partial charge in [0.1, 0.15) is 11.6 Å². The standard InChI is InChI=1S/C21H18FNO2S/c1-25-17-8-4-15(5-9-17)21(24)23-12-10-19-18(11-13-26-19)20(23)14-2-6-16(22)7-3-14/h2-9,11,13,20H,10,12H2,1H3/t20-/m1/s1. The predicted octanol–water partition coefficient (Wildman–Crippen LogP) is 4.68. The first-order chi connectivity index (χ1) is 12.7. The molecule has 1 amide bonds. The summed E-state index contributed by atoms with van der Waals surface area (Å²) < 4.78 is 18.6. The van der Waals surface area contributed by atoms with Crippen LogP contribution in [0.3, 0.4) is 0 Å². The molecule has 1 aliphatic rings. The Balaban J connectivity index is 1.73. The molecule has 1 aliphatic heterocycles. The van der Waals surface area contributed by atoms with Crippen LogP contribution in [0.5, 0.6) is 5.75 Å². The summed E-state index contributed by atoms with van der Waals surface area (Å²) in [6.45, 7) is 0.639. The molecule has 0 saturated heterocycles. The average molecular weight is 367 g/mol. The lowest BCUT2D eigenvalue weighted by Crippen LogP contribution is -2.40. The van der Waals surface area contributed by atoms with E-state index in [9.17, 15) is 9.18 Å². The summed E-state index contributed by atoms with van der Waals surface area (Å²) in [4.78, 5) is 16.4. The van der Waals surface area contributed by atoms with Gasteiger partial charge in [-0.05, 0) is 65.4 Å². The van der Waals surface area contributed by atoms with Crippen molar-refractivity contribution in [3.05, 3.63) is 87.4 Å². The SMILES string of the molecule is COc1ccc(C(=O)N2CCc3sccc3[C@H]2c2ccc(F)cc2)cc1. The molecule has 132 valence electrons. The number of hydrogen-bond acceptors (Lipinski definition) is 3. The Bertz CT molecular complexity index is 918. The topological polar surface area (TPSA) is 29.5 Å². The van der Waals surface area contributed by atoms with Gasteiger partial charge in [0, 0.05) is 17.0 Å². The Morgan fingerprint density at radius 2 is 1.85 bits per heavy atom. The zero-order valence-corrected chi connectivity index (χ0v) is 15.1. The second-order valence-electron chi connectivity index (χ2n) is 6.23. The average Bonchev–Trinajstić information content (AvgIpc) is 3.16. The van der Waals surface area contributed by atoms with Crippen LogP contribution in [-0.2, 0) is 6.42 Å². The lowest BCUT2D eigenvalue weighted by Gasteiger charge is -2.36. The number of thiophene rings is 1. The van der Waals surface area contributed by atoms with E-state index in [2.05, 4.69) is 11.4 Å². The van der Waals surface area contributed by atoms with Crippen LogP contribution in [0, 0.1) is 5.82 Å². The highest BCUT2D eigenvalue weighted by Crippen LogP contribution is 2.38. The number of nitrogens with zero attached hydrogens (tertiary/aromatic N) is 1. The molecule has 5 heteroatoms. The third kappa shape index (κ3) is 2.99. The number of carbonyl (C=O) groups is 1. The van der Waals surface area contributed by atoms with Gasteiger partial charge >= 0.3 is 0 Å². The first-order valence-corrected chi connectivity index (χ1v) is 9.32. The van der Waals surface area contributed by atoms with Crippen LogP contribution in [0.1, 0.15) is 32.4 Å². The Hall–Kier alpha value is -2.66. The fraction of sp³-hybridized carbons (Fsp3) is 0.190. The molecular weight excluding hydrogens is 349 g/mol. The van der Waals surface area contributed by atoms with E-state index in [1.165, 1.54) is 17.0 Å². The number of rotatable bonds is 3. The molecule has 3 aromatic rings. The minimum atomic E-state index is -0.275. The van der Waals surface area contributed by atoms with E-state index >= 15 is 0 Å². The maximum Gasteiger partial charge on any atom is 0.254 e. The molecule has 3 nitrogen and oxygen atoms in total. The maximum atomic E-state index is 13.4. The van der Waals surface area contributed by atoms with Gasteiger partial charge in [-0.25, -0.2) is 4.39 Å². The molecule has 0 fully saturated rings.